The van der Waals surface area contributed by atoms with E-state index in [1.807, 2.05) is 6.92 Å². The van der Waals surface area contributed by atoms with Crippen LogP contribution in [0.1, 0.15) is 46.0 Å². The number of ether oxygens (including phenoxy) is 1. The van der Waals surface area contributed by atoms with Gasteiger partial charge in [0.15, 0.2) is 0 Å². The first-order chi connectivity index (χ1) is 7.56. The molecule has 0 spiro atoms. The zero-order valence-corrected chi connectivity index (χ0v) is 10.3. The normalized spacial score (nSPS) is 20.7. The molecule has 1 aliphatic rings. The zero-order valence-electron chi connectivity index (χ0n) is 10.3. The minimum absolute atomic E-state index is 0.0590. The second kappa shape index (κ2) is 6.21. The maximum Gasteiger partial charge on any atom is 0.307 e. The molecule has 4 heteroatoms. The Morgan fingerprint density at radius 2 is 2.12 bits per heavy atom. The molecule has 1 fully saturated rings. The molecule has 0 saturated heterocycles. The number of carbonyl (C=O) groups is 1. The standard InChI is InChI=1S/C12H23NO3/c1-3-16-11(14)8-10(2)13-9-12(15)6-4-5-7-12/h10,13,15H,3-9H2,1-2H3. The van der Waals surface area contributed by atoms with Crippen LogP contribution < -0.4 is 5.32 Å². The fraction of sp³-hybridized carbons (Fsp3) is 0.917. The van der Waals surface area contributed by atoms with Gasteiger partial charge in [0.05, 0.1) is 18.6 Å². The average molecular weight is 229 g/mol. The molecule has 1 saturated carbocycles. The van der Waals surface area contributed by atoms with Crippen molar-refractivity contribution in [3.63, 3.8) is 0 Å². The van der Waals surface area contributed by atoms with Crippen molar-refractivity contribution in [3.05, 3.63) is 0 Å². The Bertz CT molecular complexity index is 224. The lowest BCUT2D eigenvalue weighted by Gasteiger charge is -2.24. The largest absolute Gasteiger partial charge is 0.466 e. The monoisotopic (exact) mass is 229 g/mol. The number of aliphatic hydroxyl groups is 1. The summed E-state index contributed by atoms with van der Waals surface area (Å²) in [6, 6.07) is 0.0590. The van der Waals surface area contributed by atoms with Crippen LogP contribution in [-0.2, 0) is 9.53 Å². The second-order valence-electron chi connectivity index (χ2n) is 4.72. The van der Waals surface area contributed by atoms with E-state index in [4.69, 9.17) is 4.74 Å². The van der Waals surface area contributed by atoms with Gasteiger partial charge in [-0.25, -0.2) is 0 Å². The summed E-state index contributed by atoms with van der Waals surface area (Å²) >= 11 is 0. The molecular weight excluding hydrogens is 206 g/mol. The molecule has 0 bridgehead atoms. The average Bonchev–Trinajstić information content (AvgIpc) is 2.63. The van der Waals surface area contributed by atoms with E-state index in [0.717, 1.165) is 25.7 Å². The van der Waals surface area contributed by atoms with E-state index in [0.29, 0.717) is 19.6 Å². The number of carbonyl (C=O) groups excluding carboxylic acids is 1. The third kappa shape index (κ3) is 4.49. The molecule has 1 rings (SSSR count). The Labute approximate surface area is 97.4 Å². The molecule has 0 aromatic carbocycles. The summed E-state index contributed by atoms with van der Waals surface area (Å²) in [5, 5.41) is 13.3. The number of nitrogens with one attached hydrogen (secondary N) is 1. The molecule has 1 aliphatic carbocycles. The minimum Gasteiger partial charge on any atom is -0.466 e. The van der Waals surface area contributed by atoms with Crippen LogP contribution in [0.4, 0.5) is 0 Å². The topological polar surface area (TPSA) is 58.6 Å². The van der Waals surface area contributed by atoms with Gasteiger partial charge < -0.3 is 15.2 Å². The first-order valence-corrected chi connectivity index (χ1v) is 6.17. The molecule has 1 unspecified atom stereocenters. The maximum atomic E-state index is 11.2. The van der Waals surface area contributed by atoms with Crippen molar-refractivity contribution in [1.82, 2.24) is 5.32 Å². The predicted octanol–water partition coefficient (Wildman–Crippen LogP) is 1.22. The molecule has 0 heterocycles. The van der Waals surface area contributed by atoms with Gasteiger partial charge in [0.1, 0.15) is 0 Å². The number of hydrogen-bond donors (Lipinski definition) is 2. The summed E-state index contributed by atoms with van der Waals surface area (Å²) in [6.07, 6.45) is 4.30. The van der Waals surface area contributed by atoms with Crippen LogP contribution in [0.5, 0.6) is 0 Å². The molecule has 0 aliphatic heterocycles. The van der Waals surface area contributed by atoms with Gasteiger partial charge in [-0.3, -0.25) is 4.79 Å². The molecule has 16 heavy (non-hydrogen) atoms. The first-order valence-electron chi connectivity index (χ1n) is 6.17. The highest BCUT2D eigenvalue weighted by Crippen LogP contribution is 2.28. The first kappa shape index (κ1) is 13.5. The summed E-state index contributed by atoms with van der Waals surface area (Å²) in [5.41, 5.74) is -0.553. The van der Waals surface area contributed by atoms with Gasteiger partial charge in [0.25, 0.3) is 0 Å². The predicted molar refractivity (Wildman–Crippen MR) is 62.1 cm³/mol. The molecule has 0 radical (unpaired) electrons. The van der Waals surface area contributed by atoms with Crippen LogP contribution in [0.15, 0.2) is 0 Å². The second-order valence-corrected chi connectivity index (χ2v) is 4.72. The number of esters is 1. The van der Waals surface area contributed by atoms with Gasteiger partial charge in [0.2, 0.25) is 0 Å². The summed E-state index contributed by atoms with van der Waals surface area (Å²) in [4.78, 5) is 11.2. The third-order valence-corrected chi connectivity index (χ3v) is 3.09. The molecule has 1 atom stereocenters. The van der Waals surface area contributed by atoms with Crippen LogP contribution in [0, 0.1) is 0 Å². The van der Waals surface area contributed by atoms with Crippen molar-refractivity contribution in [3.8, 4) is 0 Å². The van der Waals surface area contributed by atoms with E-state index < -0.39 is 5.60 Å². The van der Waals surface area contributed by atoms with E-state index in [9.17, 15) is 9.90 Å². The molecule has 0 aromatic heterocycles. The van der Waals surface area contributed by atoms with Crippen LogP contribution in [0.3, 0.4) is 0 Å². The fourth-order valence-corrected chi connectivity index (χ4v) is 2.12. The molecule has 94 valence electrons. The van der Waals surface area contributed by atoms with Gasteiger partial charge in [-0.1, -0.05) is 12.8 Å². The Morgan fingerprint density at radius 3 is 2.69 bits per heavy atom. The summed E-state index contributed by atoms with van der Waals surface area (Å²) in [7, 11) is 0. The van der Waals surface area contributed by atoms with Crippen LogP contribution in [0.2, 0.25) is 0 Å². The lowest BCUT2D eigenvalue weighted by atomic mass is 10.0. The Kier molecular flexibility index (Phi) is 5.22. The summed E-state index contributed by atoms with van der Waals surface area (Å²) < 4.78 is 4.87. The molecule has 2 N–H and O–H groups in total. The summed E-state index contributed by atoms with van der Waals surface area (Å²) in [6.45, 7) is 4.75. The lowest BCUT2D eigenvalue weighted by Crippen LogP contribution is -2.42. The van der Waals surface area contributed by atoms with Crippen LogP contribution in [-0.4, -0.2) is 35.9 Å². The van der Waals surface area contributed by atoms with Crippen molar-refractivity contribution in [1.29, 1.82) is 0 Å². The maximum absolute atomic E-state index is 11.2. The molecule has 4 nitrogen and oxygen atoms in total. The van der Waals surface area contributed by atoms with Crippen molar-refractivity contribution in [2.45, 2.75) is 57.6 Å². The van der Waals surface area contributed by atoms with Crippen molar-refractivity contribution < 1.29 is 14.6 Å². The van der Waals surface area contributed by atoms with E-state index in [-0.39, 0.29) is 12.0 Å². The SMILES string of the molecule is CCOC(=O)CC(C)NCC1(O)CCCC1. The van der Waals surface area contributed by atoms with E-state index >= 15 is 0 Å². The molecule has 0 aromatic rings. The van der Waals surface area contributed by atoms with Gasteiger partial charge in [-0.15, -0.1) is 0 Å². The number of rotatable bonds is 6. The Hall–Kier alpha value is -0.610. The number of hydrogen-bond acceptors (Lipinski definition) is 4. The minimum atomic E-state index is -0.553. The highest BCUT2D eigenvalue weighted by Gasteiger charge is 2.31. The van der Waals surface area contributed by atoms with Crippen molar-refractivity contribution >= 4 is 5.97 Å². The van der Waals surface area contributed by atoms with E-state index in [1.54, 1.807) is 6.92 Å². The van der Waals surface area contributed by atoms with Crippen LogP contribution >= 0.6 is 0 Å². The summed E-state index contributed by atoms with van der Waals surface area (Å²) in [5.74, 6) is -0.180. The Morgan fingerprint density at radius 1 is 1.50 bits per heavy atom. The Balaban J connectivity index is 2.19. The van der Waals surface area contributed by atoms with Gasteiger partial charge in [-0.2, -0.15) is 0 Å². The quantitative estimate of drug-likeness (QED) is 0.672. The molecule has 0 amide bonds. The van der Waals surface area contributed by atoms with Gasteiger partial charge in [0, 0.05) is 12.6 Å². The van der Waals surface area contributed by atoms with Gasteiger partial charge in [-0.05, 0) is 26.7 Å². The van der Waals surface area contributed by atoms with Gasteiger partial charge >= 0.3 is 5.97 Å². The smallest absolute Gasteiger partial charge is 0.307 e. The zero-order chi connectivity index (χ0) is 12.0. The van der Waals surface area contributed by atoms with E-state index in [2.05, 4.69) is 5.32 Å². The molecular formula is C12H23NO3. The van der Waals surface area contributed by atoms with E-state index in [1.165, 1.54) is 0 Å². The highest BCUT2D eigenvalue weighted by atomic mass is 16.5. The van der Waals surface area contributed by atoms with Crippen LogP contribution in [0.25, 0.3) is 0 Å². The lowest BCUT2D eigenvalue weighted by molar-refractivity contribution is -0.143. The highest BCUT2D eigenvalue weighted by molar-refractivity contribution is 5.69. The fourth-order valence-electron chi connectivity index (χ4n) is 2.12. The third-order valence-electron chi connectivity index (χ3n) is 3.09. The van der Waals surface area contributed by atoms with Crippen molar-refractivity contribution in [2.24, 2.45) is 0 Å². The van der Waals surface area contributed by atoms with Crippen molar-refractivity contribution in [2.75, 3.05) is 13.2 Å².